The van der Waals surface area contributed by atoms with Gasteiger partial charge in [-0.25, -0.2) is 0 Å². The van der Waals surface area contributed by atoms with Crippen LogP contribution in [0.1, 0.15) is 24.4 Å². The van der Waals surface area contributed by atoms with Crippen molar-refractivity contribution in [2.45, 2.75) is 23.9 Å². The van der Waals surface area contributed by atoms with Gasteiger partial charge in [0.2, 0.25) is 5.89 Å². The molecular formula is C11H11Cl2N3OS. The van der Waals surface area contributed by atoms with Crippen LogP contribution < -0.4 is 5.73 Å². The lowest BCUT2D eigenvalue weighted by Gasteiger charge is -2.01. The largest absolute Gasteiger partial charge is 0.414 e. The molecular weight excluding hydrogens is 293 g/mol. The smallest absolute Gasteiger partial charge is 0.276 e. The highest BCUT2D eigenvalue weighted by molar-refractivity contribution is 7.98. The first-order valence-corrected chi connectivity index (χ1v) is 6.96. The summed E-state index contributed by atoms with van der Waals surface area (Å²) in [5, 5.41) is 9.33. The lowest BCUT2D eigenvalue weighted by atomic mass is 10.2. The molecule has 0 fully saturated rings. The van der Waals surface area contributed by atoms with Gasteiger partial charge in [-0.3, -0.25) is 0 Å². The molecule has 96 valence electrons. The van der Waals surface area contributed by atoms with Crippen LogP contribution in [-0.4, -0.2) is 10.2 Å². The molecule has 0 saturated heterocycles. The second-order valence-corrected chi connectivity index (χ2v) is 5.47. The first kappa shape index (κ1) is 13.7. The van der Waals surface area contributed by atoms with Crippen LogP contribution in [0.5, 0.6) is 0 Å². The van der Waals surface area contributed by atoms with Crippen LogP contribution in [0.15, 0.2) is 27.8 Å². The first-order valence-electron chi connectivity index (χ1n) is 5.22. The van der Waals surface area contributed by atoms with Gasteiger partial charge in [0, 0.05) is 5.75 Å². The van der Waals surface area contributed by atoms with E-state index < -0.39 is 0 Å². The number of rotatable bonds is 4. The summed E-state index contributed by atoms with van der Waals surface area (Å²) >= 11 is 13.2. The van der Waals surface area contributed by atoms with Gasteiger partial charge in [0.1, 0.15) is 0 Å². The van der Waals surface area contributed by atoms with Gasteiger partial charge in [-0.1, -0.05) is 41.0 Å². The van der Waals surface area contributed by atoms with E-state index in [1.807, 2.05) is 12.1 Å². The van der Waals surface area contributed by atoms with Crippen molar-refractivity contribution in [3.8, 4) is 0 Å². The van der Waals surface area contributed by atoms with Crippen LogP contribution in [0.3, 0.4) is 0 Å². The van der Waals surface area contributed by atoms with E-state index in [-0.39, 0.29) is 6.04 Å². The molecule has 0 amide bonds. The molecule has 2 N–H and O–H groups in total. The standard InChI is InChI=1S/C11H11Cl2N3OS/c1-6(14)10-15-16-11(17-10)18-5-7-2-3-8(12)9(13)4-7/h2-4,6H,5,14H2,1H3. The predicted octanol–water partition coefficient (Wildman–Crippen LogP) is 3.69. The van der Waals surface area contributed by atoms with Crippen LogP contribution in [0.2, 0.25) is 10.0 Å². The predicted molar refractivity (Wildman–Crippen MR) is 72.9 cm³/mol. The van der Waals surface area contributed by atoms with Crippen molar-refractivity contribution >= 4 is 35.0 Å². The van der Waals surface area contributed by atoms with Crippen molar-refractivity contribution in [1.82, 2.24) is 10.2 Å². The van der Waals surface area contributed by atoms with E-state index in [1.54, 1.807) is 13.0 Å². The van der Waals surface area contributed by atoms with Crippen molar-refractivity contribution < 1.29 is 4.42 Å². The summed E-state index contributed by atoms with van der Waals surface area (Å²) in [6, 6.07) is 5.24. The molecule has 4 nitrogen and oxygen atoms in total. The van der Waals surface area contributed by atoms with Crippen molar-refractivity contribution in [1.29, 1.82) is 0 Å². The van der Waals surface area contributed by atoms with E-state index in [0.29, 0.717) is 26.9 Å². The van der Waals surface area contributed by atoms with Crippen molar-refractivity contribution in [2.24, 2.45) is 5.73 Å². The van der Waals surface area contributed by atoms with Crippen LogP contribution in [0.4, 0.5) is 0 Å². The van der Waals surface area contributed by atoms with Crippen LogP contribution in [0.25, 0.3) is 0 Å². The van der Waals surface area contributed by atoms with Gasteiger partial charge in [-0.05, 0) is 24.6 Å². The molecule has 2 aromatic rings. The van der Waals surface area contributed by atoms with E-state index in [0.717, 1.165) is 5.56 Å². The Balaban J connectivity index is 2.00. The summed E-state index contributed by atoms with van der Waals surface area (Å²) in [4.78, 5) is 0. The number of benzene rings is 1. The third kappa shape index (κ3) is 3.38. The van der Waals surface area contributed by atoms with E-state index >= 15 is 0 Å². The zero-order valence-electron chi connectivity index (χ0n) is 9.56. The van der Waals surface area contributed by atoms with Crippen LogP contribution >= 0.6 is 35.0 Å². The van der Waals surface area contributed by atoms with Gasteiger partial charge in [0.05, 0.1) is 16.1 Å². The summed E-state index contributed by atoms with van der Waals surface area (Å²) in [6.07, 6.45) is 0. The van der Waals surface area contributed by atoms with E-state index in [9.17, 15) is 0 Å². The van der Waals surface area contributed by atoms with Gasteiger partial charge in [0.25, 0.3) is 5.22 Å². The molecule has 0 bridgehead atoms. The number of nitrogens with zero attached hydrogens (tertiary/aromatic N) is 2. The molecule has 1 aromatic heterocycles. The molecule has 1 aromatic carbocycles. The molecule has 1 unspecified atom stereocenters. The summed E-state index contributed by atoms with van der Waals surface area (Å²) in [7, 11) is 0. The van der Waals surface area contributed by atoms with E-state index in [2.05, 4.69) is 10.2 Å². The highest BCUT2D eigenvalue weighted by atomic mass is 35.5. The molecule has 7 heteroatoms. The van der Waals surface area contributed by atoms with Crippen LogP contribution in [0, 0.1) is 0 Å². The fraction of sp³-hybridized carbons (Fsp3) is 0.273. The highest BCUT2D eigenvalue weighted by Crippen LogP contribution is 2.27. The Morgan fingerprint density at radius 1 is 1.33 bits per heavy atom. The molecule has 1 atom stereocenters. The zero-order chi connectivity index (χ0) is 13.1. The fourth-order valence-corrected chi connectivity index (χ4v) is 2.27. The lowest BCUT2D eigenvalue weighted by molar-refractivity contribution is 0.394. The van der Waals surface area contributed by atoms with Gasteiger partial charge in [-0.2, -0.15) is 0 Å². The molecule has 2 rings (SSSR count). The van der Waals surface area contributed by atoms with Crippen LogP contribution in [-0.2, 0) is 5.75 Å². The molecule has 0 aliphatic heterocycles. The molecule has 18 heavy (non-hydrogen) atoms. The molecule has 1 heterocycles. The Bertz CT molecular complexity index is 545. The lowest BCUT2D eigenvalue weighted by Crippen LogP contribution is -2.04. The van der Waals surface area contributed by atoms with Gasteiger partial charge in [0.15, 0.2) is 0 Å². The highest BCUT2D eigenvalue weighted by Gasteiger charge is 2.10. The Labute approximate surface area is 119 Å². The summed E-state index contributed by atoms with van der Waals surface area (Å²) in [5.41, 5.74) is 6.67. The number of nitrogens with two attached hydrogens (primary N) is 1. The molecule has 0 radical (unpaired) electrons. The second kappa shape index (κ2) is 5.93. The minimum Gasteiger partial charge on any atom is -0.414 e. The minimum atomic E-state index is -0.253. The first-order chi connectivity index (χ1) is 8.56. The van der Waals surface area contributed by atoms with Gasteiger partial charge in [-0.15, -0.1) is 10.2 Å². The monoisotopic (exact) mass is 303 g/mol. The second-order valence-electron chi connectivity index (χ2n) is 3.73. The number of hydrogen-bond donors (Lipinski definition) is 1. The quantitative estimate of drug-likeness (QED) is 0.873. The Kier molecular flexibility index (Phi) is 4.50. The summed E-state index contributed by atoms with van der Waals surface area (Å²) < 4.78 is 5.38. The average Bonchev–Trinajstić information content (AvgIpc) is 2.79. The maximum absolute atomic E-state index is 5.93. The maximum Gasteiger partial charge on any atom is 0.276 e. The molecule has 0 spiro atoms. The maximum atomic E-state index is 5.93. The minimum absolute atomic E-state index is 0.253. The Morgan fingerprint density at radius 2 is 2.11 bits per heavy atom. The average molecular weight is 304 g/mol. The van der Waals surface area contributed by atoms with E-state index in [4.69, 9.17) is 33.4 Å². The van der Waals surface area contributed by atoms with Gasteiger partial charge >= 0.3 is 0 Å². The Hall–Kier alpha value is -0.750. The summed E-state index contributed by atoms with van der Waals surface area (Å²) in [6.45, 7) is 1.79. The molecule has 0 aliphatic carbocycles. The van der Waals surface area contributed by atoms with Crippen molar-refractivity contribution in [3.63, 3.8) is 0 Å². The van der Waals surface area contributed by atoms with Crippen molar-refractivity contribution in [3.05, 3.63) is 39.7 Å². The normalized spacial score (nSPS) is 12.7. The zero-order valence-corrected chi connectivity index (χ0v) is 11.9. The summed E-state index contributed by atoms with van der Waals surface area (Å²) in [5.74, 6) is 1.11. The number of halogens is 2. The third-order valence-electron chi connectivity index (χ3n) is 2.16. The number of thioether (sulfide) groups is 1. The van der Waals surface area contributed by atoms with Crippen molar-refractivity contribution in [2.75, 3.05) is 0 Å². The Morgan fingerprint density at radius 3 is 2.72 bits per heavy atom. The number of aromatic nitrogens is 2. The SMILES string of the molecule is CC(N)c1nnc(SCc2ccc(Cl)c(Cl)c2)o1. The third-order valence-corrected chi connectivity index (χ3v) is 3.79. The van der Waals surface area contributed by atoms with Gasteiger partial charge < -0.3 is 10.2 Å². The fourth-order valence-electron chi connectivity index (χ4n) is 1.24. The number of hydrogen-bond acceptors (Lipinski definition) is 5. The molecule has 0 aliphatic rings. The van der Waals surface area contributed by atoms with E-state index in [1.165, 1.54) is 11.8 Å². The molecule has 0 saturated carbocycles. The topological polar surface area (TPSA) is 64.9 Å².